The van der Waals surface area contributed by atoms with Crippen molar-refractivity contribution in [3.8, 4) is 0 Å². The largest absolute Gasteiger partial charge is 0.379 e. The van der Waals surface area contributed by atoms with Crippen molar-refractivity contribution in [2.75, 3.05) is 32.8 Å². The third kappa shape index (κ3) is 4.32. The van der Waals surface area contributed by atoms with Gasteiger partial charge in [-0.25, -0.2) is 13.1 Å². The SMILES string of the molecule is CC(CN1CCOCC1)NS(=O)(=O)c1ccc2c(c1)CCCC2. The van der Waals surface area contributed by atoms with E-state index in [4.69, 9.17) is 4.74 Å². The normalized spacial score (nSPS) is 20.9. The van der Waals surface area contributed by atoms with Crippen LogP contribution in [0, 0.1) is 0 Å². The molecule has 23 heavy (non-hydrogen) atoms. The summed E-state index contributed by atoms with van der Waals surface area (Å²) in [6.07, 6.45) is 4.41. The molecular weight excluding hydrogens is 312 g/mol. The van der Waals surface area contributed by atoms with Crippen molar-refractivity contribution < 1.29 is 13.2 Å². The number of sulfonamides is 1. The molecule has 1 aliphatic heterocycles. The zero-order valence-corrected chi connectivity index (χ0v) is 14.6. The van der Waals surface area contributed by atoms with Gasteiger partial charge in [0.05, 0.1) is 18.1 Å². The molecule has 1 fully saturated rings. The van der Waals surface area contributed by atoms with E-state index < -0.39 is 10.0 Å². The van der Waals surface area contributed by atoms with Gasteiger partial charge in [0.15, 0.2) is 0 Å². The number of aryl methyl sites for hydroxylation is 2. The van der Waals surface area contributed by atoms with Crippen LogP contribution in [0.4, 0.5) is 0 Å². The van der Waals surface area contributed by atoms with Gasteiger partial charge < -0.3 is 4.74 Å². The highest BCUT2D eigenvalue weighted by molar-refractivity contribution is 7.89. The molecular formula is C17H26N2O3S. The number of ether oxygens (including phenoxy) is 1. The van der Waals surface area contributed by atoms with Gasteiger partial charge in [-0.15, -0.1) is 0 Å². The smallest absolute Gasteiger partial charge is 0.240 e. The van der Waals surface area contributed by atoms with E-state index in [1.807, 2.05) is 19.1 Å². The average molecular weight is 338 g/mol. The first-order valence-corrected chi connectivity index (χ1v) is 9.97. The maximum atomic E-state index is 12.6. The molecule has 3 rings (SSSR count). The lowest BCUT2D eigenvalue weighted by Crippen LogP contribution is -2.45. The van der Waals surface area contributed by atoms with E-state index in [9.17, 15) is 8.42 Å². The van der Waals surface area contributed by atoms with E-state index in [1.54, 1.807) is 6.07 Å². The van der Waals surface area contributed by atoms with Crippen molar-refractivity contribution in [1.82, 2.24) is 9.62 Å². The Labute approximate surface area is 139 Å². The van der Waals surface area contributed by atoms with Gasteiger partial charge in [0.25, 0.3) is 0 Å². The van der Waals surface area contributed by atoms with E-state index >= 15 is 0 Å². The van der Waals surface area contributed by atoms with Crippen LogP contribution in [0.5, 0.6) is 0 Å². The molecule has 0 saturated carbocycles. The van der Waals surface area contributed by atoms with Gasteiger partial charge in [0, 0.05) is 25.7 Å². The lowest BCUT2D eigenvalue weighted by atomic mass is 9.92. The number of nitrogens with one attached hydrogen (secondary N) is 1. The Morgan fingerprint density at radius 3 is 2.61 bits per heavy atom. The van der Waals surface area contributed by atoms with Gasteiger partial charge in [0.1, 0.15) is 0 Å². The molecule has 5 nitrogen and oxygen atoms in total. The molecule has 1 unspecified atom stereocenters. The fourth-order valence-electron chi connectivity index (χ4n) is 3.42. The Bertz CT molecular complexity index is 639. The topological polar surface area (TPSA) is 58.6 Å². The molecule has 1 saturated heterocycles. The first-order chi connectivity index (χ1) is 11.0. The number of benzene rings is 1. The monoisotopic (exact) mass is 338 g/mol. The molecule has 1 aromatic carbocycles. The number of fused-ring (bicyclic) bond motifs is 1. The van der Waals surface area contributed by atoms with Crippen molar-refractivity contribution in [3.05, 3.63) is 29.3 Å². The molecule has 0 amide bonds. The van der Waals surface area contributed by atoms with Crippen LogP contribution in [0.3, 0.4) is 0 Å². The average Bonchev–Trinajstić information content (AvgIpc) is 2.54. The first-order valence-electron chi connectivity index (χ1n) is 8.49. The number of hydrogen-bond acceptors (Lipinski definition) is 4. The minimum Gasteiger partial charge on any atom is -0.379 e. The van der Waals surface area contributed by atoms with E-state index in [0.29, 0.717) is 11.4 Å². The molecule has 0 radical (unpaired) electrons. The Morgan fingerprint density at radius 2 is 1.87 bits per heavy atom. The van der Waals surface area contributed by atoms with Gasteiger partial charge in [-0.2, -0.15) is 0 Å². The highest BCUT2D eigenvalue weighted by Gasteiger charge is 2.21. The second-order valence-electron chi connectivity index (χ2n) is 6.57. The second-order valence-corrected chi connectivity index (χ2v) is 8.29. The van der Waals surface area contributed by atoms with Crippen LogP contribution in [-0.4, -0.2) is 52.2 Å². The van der Waals surface area contributed by atoms with Crippen molar-refractivity contribution in [3.63, 3.8) is 0 Å². The first kappa shape index (κ1) is 16.9. The fraction of sp³-hybridized carbons (Fsp3) is 0.647. The summed E-state index contributed by atoms with van der Waals surface area (Å²) >= 11 is 0. The van der Waals surface area contributed by atoms with Crippen LogP contribution < -0.4 is 4.72 Å². The summed E-state index contributed by atoms with van der Waals surface area (Å²) < 4.78 is 33.4. The van der Waals surface area contributed by atoms with Gasteiger partial charge >= 0.3 is 0 Å². The maximum Gasteiger partial charge on any atom is 0.240 e. The Kier molecular flexibility index (Phi) is 5.36. The van der Waals surface area contributed by atoms with Gasteiger partial charge in [-0.3, -0.25) is 4.90 Å². The maximum absolute atomic E-state index is 12.6. The van der Waals surface area contributed by atoms with E-state index in [0.717, 1.165) is 45.6 Å². The van der Waals surface area contributed by atoms with Crippen molar-refractivity contribution in [2.24, 2.45) is 0 Å². The Morgan fingerprint density at radius 1 is 1.17 bits per heavy atom. The van der Waals surface area contributed by atoms with Gasteiger partial charge in [-0.05, 0) is 55.9 Å². The molecule has 0 bridgehead atoms. The zero-order chi connectivity index (χ0) is 16.3. The predicted octanol–water partition coefficient (Wildman–Crippen LogP) is 1.56. The molecule has 6 heteroatoms. The summed E-state index contributed by atoms with van der Waals surface area (Å²) in [6.45, 7) is 5.82. The van der Waals surface area contributed by atoms with Crippen molar-refractivity contribution >= 4 is 10.0 Å². The molecule has 2 aliphatic rings. The van der Waals surface area contributed by atoms with Crippen molar-refractivity contribution in [2.45, 2.75) is 43.5 Å². The summed E-state index contributed by atoms with van der Waals surface area (Å²) in [5.41, 5.74) is 2.50. The molecule has 1 heterocycles. The van der Waals surface area contributed by atoms with Crippen LogP contribution in [0.25, 0.3) is 0 Å². The number of hydrogen-bond donors (Lipinski definition) is 1. The van der Waals surface area contributed by atoms with Gasteiger partial charge in [0.2, 0.25) is 10.0 Å². The highest BCUT2D eigenvalue weighted by Crippen LogP contribution is 2.24. The molecule has 1 N–H and O–H groups in total. The second kappa shape index (κ2) is 7.30. The lowest BCUT2D eigenvalue weighted by molar-refractivity contribution is 0.0354. The summed E-state index contributed by atoms with van der Waals surface area (Å²) in [5.74, 6) is 0. The summed E-state index contributed by atoms with van der Waals surface area (Å²) in [6, 6.07) is 5.47. The summed E-state index contributed by atoms with van der Waals surface area (Å²) in [4.78, 5) is 2.63. The van der Waals surface area contributed by atoms with Crippen LogP contribution in [0.1, 0.15) is 30.9 Å². The molecule has 1 atom stereocenters. The lowest BCUT2D eigenvalue weighted by Gasteiger charge is -2.29. The number of morpholine rings is 1. The standard InChI is InChI=1S/C17H26N2O3S/c1-14(13-19-8-10-22-11-9-19)18-23(20,21)17-7-6-15-4-2-3-5-16(15)12-17/h6-7,12,14,18H,2-5,8-11,13H2,1H3. The summed E-state index contributed by atoms with van der Waals surface area (Å²) in [5, 5.41) is 0. The van der Waals surface area contributed by atoms with Crippen LogP contribution >= 0.6 is 0 Å². The minimum atomic E-state index is -3.45. The third-order valence-corrected chi connectivity index (χ3v) is 6.21. The van der Waals surface area contributed by atoms with Gasteiger partial charge in [-0.1, -0.05) is 6.07 Å². The van der Waals surface area contributed by atoms with Crippen LogP contribution in [-0.2, 0) is 27.6 Å². The molecule has 1 aromatic rings. The van der Waals surface area contributed by atoms with E-state index in [2.05, 4.69) is 9.62 Å². The van der Waals surface area contributed by atoms with Crippen molar-refractivity contribution in [1.29, 1.82) is 0 Å². The highest BCUT2D eigenvalue weighted by atomic mass is 32.2. The van der Waals surface area contributed by atoms with Crippen LogP contribution in [0.2, 0.25) is 0 Å². The minimum absolute atomic E-state index is 0.117. The quantitative estimate of drug-likeness (QED) is 0.885. The van der Waals surface area contributed by atoms with Crippen LogP contribution in [0.15, 0.2) is 23.1 Å². The summed E-state index contributed by atoms with van der Waals surface area (Å²) in [7, 11) is -3.45. The molecule has 1 aliphatic carbocycles. The fourth-order valence-corrected chi connectivity index (χ4v) is 4.70. The predicted molar refractivity (Wildman–Crippen MR) is 90.1 cm³/mol. The Balaban J connectivity index is 1.66. The number of nitrogens with zero attached hydrogens (tertiary/aromatic N) is 1. The van der Waals surface area contributed by atoms with E-state index in [1.165, 1.54) is 17.5 Å². The van der Waals surface area contributed by atoms with E-state index in [-0.39, 0.29) is 6.04 Å². The number of rotatable bonds is 5. The Hall–Kier alpha value is -0.950. The molecule has 0 aromatic heterocycles. The third-order valence-electron chi connectivity index (χ3n) is 4.62. The molecule has 0 spiro atoms. The molecule has 128 valence electrons. The zero-order valence-electron chi connectivity index (χ0n) is 13.8.